The van der Waals surface area contributed by atoms with Gasteiger partial charge in [0.1, 0.15) is 5.75 Å². The summed E-state index contributed by atoms with van der Waals surface area (Å²) >= 11 is 0. The molecule has 1 aliphatic rings. The molecular formula is C11H15NO2. The van der Waals surface area contributed by atoms with Crippen LogP contribution in [-0.2, 0) is 6.42 Å². The van der Waals surface area contributed by atoms with Gasteiger partial charge < -0.3 is 15.6 Å². The number of aliphatic hydroxyl groups excluding tert-OH is 1. The van der Waals surface area contributed by atoms with Crippen molar-refractivity contribution in [1.82, 2.24) is 0 Å². The Balaban J connectivity index is 2.28. The predicted octanol–water partition coefficient (Wildman–Crippen LogP) is 1.00. The summed E-state index contributed by atoms with van der Waals surface area (Å²) in [5.74, 6) is 0.951. The Kier molecular flexibility index (Phi) is 2.44. The highest BCUT2D eigenvalue weighted by atomic mass is 16.5. The Labute approximate surface area is 83.5 Å². The van der Waals surface area contributed by atoms with Gasteiger partial charge in [0.05, 0.1) is 18.8 Å². The van der Waals surface area contributed by atoms with E-state index in [1.807, 2.05) is 18.2 Å². The predicted molar refractivity (Wildman–Crippen MR) is 54.3 cm³/mol. The summed E-state index contributed by atoms with van der Waals surface area (Å²) in [5.41, 5.74) is 8.01. The Morgan fingerprint density at radius 3 is 3.00 bits per heavy atom. The largest absolute Gasteiger partial charge is 0.493 e. The fourth-order valence-electron chi connectivity index (χ4n) is 1.69. The van der Waals surface area contributed by atoms with Gasteiger partial charge >= 0.3 is 0 Å². The monoisotopic (exact) mass is 193 g/mol. The molecule has 0 aromatic heterocycles. The number of hydrogen-bond acceptors (Lipinski definition) is 3. The van der Waals surface area contributed by atoms with Crippen molar-refractivity contribution < 1.29 is 9.84 Å². The fraction of sp³-hybridized carbons (Fsp3) is 0.455. The highest BCUT2D eigenvalue weighted by Crippen LogP contribution is 2.28. The van der Waals surface area contributed by atoms with E-state index in [0.717, 1.165) is 24.3 Å². The molecule has 0 unspecified atom stereocenters. The van der Waals surface area contributed by atoms with Crippen LogP contribution in [-0.4, -0.2) is 17.8 Å². The van der Waals surface area contributed by atoms with Gasteiger partial charge in [0.15, 0.2) is 0 Å². The first-order chi connectivity index (χ1) is 6.68. The molecule has 0 bridgehead atoms. The Hall–Kier alpha value is -1.06. The maximum absolute atomic E-state index is 9.37. The number of hydrogen-bond donors (Lipinski definition) is 2. The molecule has 0 saturated carbocycles. The number of rotatable bonds is 2. The molecule has 1 aromatic rings. The lowest BCUT2D eigenvalue weighted by Gasteiger charge is -2.15. The summed E-state index contributed by atoms with van der Waals surface area (Å²) in [6.07, 6.45) is 0.422. The zero-order valence-electron chi connectivity index (χ0n) is 8.23. The molecule has 76 valence electrons. The second-order valence-electron chi connectivity index (χ2n) is 3.73. The maximum atomic E-state index is 9.37. The number of benzene rings is 1. The summed E-state index contributed by atoms with van der Waals surface area (Å²) in [7, 11) is 0. The third-order valence-corrected chi connectivity index (χ3v) is 2.62. The molecule has 3 N–H and O–H groups in total. The van der Waals surface area contributed by atoms with Crippen molar-refractivity contribution >= 4 is 0 Å². The van der Waals surface area contributed by atoms with Gasteiger partial charge in [-0.15, -0.1) is 0 Å². The van der Waals surface area contributed by atoms with Crippen molar-refractivity contribution in [3.63, 3.8) is 0 Å². The van der Waals surface area contributed by atoms with Crippen LogP contribution in [0.3, 0.4) is 0 Å². The van der Waals surface area contributed by atoms with E-state index in [1.165, 1.54) is 5.56 Å². The fourth-order valence-corrected chi connectivity index (χ4v) is 1.69. The van der Waals surface area contributed by atoms with Crippen LogP contribution in [0.5, 0.6) is 5.75 Å². The quantitative estimate of drug-likeness (QED) is 0.736. The molecule has 3 nitrogen and oxygen atoms in total. The summed E-state index contributed by atoms with van der Waals surface area (Å²) in [6.45, 7) is 2.46. The molecule has 0 saturated heterocycles. The van der Waals surface area contributed by atoms with E-state index in [9.17, 15) is 5.11 Å². The van der Waals surface area contributed by atoms with Gasteiger partial charge in [-0.05, 0) is 24.1 Å². The summed E-state index contributed by atoms with van der Waals surface area (Å²) in [4.78, 5) is 0. The van der Waals surface area contributed by atoms with Crippen LogP contribution >= 0.6 is 0 Å². The van der Waals surface area contributed by atoms with Crippen LogP contribution in [0.4, 0.5) is 0 Å². The van der Waals surface area contributed by atoms with E-state index in [4.69, 9.17) is 10.5 Å². The summed E-state index contributed by atoms with van der Waals surface area (Å²) in [5, 5.41) is 9.37. The molecule has 1 aliphatic heterocycles. The zero-order valence-corrected chi connectivity index (χ0v) is 8.23. The highest BCUT2D eigenvalue weighted by molar-refractivity contribution is 5.40. The summed E-state index contributed by atoms with van der Waals surface area (Å²) < 4.78 is 5.39. The summed E-state index contributed by atoms with van der Waals surface area (Å²) in [6, 6.07) is 5.57. The molecule has 0 amide bonds. The number of ether oxygens (including phenoxy) is 1. The van der Waals surface area contributed by atoms with Crippen molar-refractivity contribution in [3.05, 3.63) is 29.3 Å². The Morgan fingerprint density at radius 1 is 1.50 bits per heavy atom. The normalized spacial score (nSPS) is 18.5. The van der Waals surface area contributed by atoms with E-state index in [0.29, 0.717) is 0 Å². The van der Waals surface area contributed by atoms with Crippen LogP contribution in [0.15, 0.2) is 18.2 Å². The lowest BCUT2D eigenvalue weighted by Crippen LogP contribution is -2.23. The van der Waals surface area contributed by atoms with Crippen LogP contribution in [0.1, 0.15) is 24.1 Å². The van der Waals surface area contributed by atoms with Gasteiger partial charge in [0, 0.05) is 6.42 Å². The van der Waals surface area contributed by atoms with Gasteiger partial charge in [0.25, 0.3) is 0 Å². The molecule has 0 spiro atoms. The van der Waals surface area contributed by atoms with Crippen molar-refractivity contribution in [2.24, 2.45) is 5.73 Å². The van der Waals surface area contributed by atoms with E-state index in [2.05, 4.69) is 0 Å². The average Bonchev–Trinajstić information content (AvgIpc) is 2.62. The average molecular weight is 193 g/mol. The van der Waals surface area contributed by atoms with E-state index in [-0.39, 0.29) is 6.04 Å². The van der Waals surface area contributed by atoms with Crippen LogP contribution in [0.2, 0.25) is 0 Å². The first-order valence-electron chi connectivity index (χ1n) is 4.88. The van der Waals surface area contributed by atoms with Crippen molar-refractivity contribution in [2.45, 2.75) is 25.5 Å². The first kappa shape index (κ1) is 9.49. The molecule has 14 heavy (non-hydrogen) atoms. The number of aliphatic hydroxyl groups is 1. The molecule has 1 heterocycles. The molecule has 0 fully saturated rings. The highest BCUT2D eigenvalue weighted by Gasteiger charge is 2.16. The lowest BCUT2D eigenvalue weighted by molar-refractivity contribution is 0.164. The Morgan fingerprint density at radius 2 is 2.29 bits per heavy atom. The second kappa shape index (κ2) is 3.59. The first-order valence-corrected chi connectivity index (χ1v) is 4.88. The molecule has 0 aliphatic carbocycles. The SMILES string of the molecule is C[C@H](O)[C@H](N)c1ccc2c(c1)CCO2. The third-order valence-electron chi connectivity index (χ3n) is 2.62. The van der Waals surface area contributed by atoms with E-state index in [1.54, 1.807) is 6.92 Å². The number of fused-ring (bicyclic) bond motifs is 1. The van der Waals surface area contributed by atoms with E-state index >= 15 is 0 Å². The van der Waals surface area contributed by atoms with Gasteiger partial charge in [-0.3, -0.25) is 0 Å². The zero-order chi connectivity index (χ0) is 10.1. The second-order valence-corrected chi connectivity index (χ2v) is 3.73. The smallest absolute Gasteiger partial charge is 0.122 e. The minimum absolute atomic E-state index is 0.305. The molecule has 3 heteroatoms. The topological polar surface area (TPSA) is 55.5 Å². The van der Waals surface area contributed by atoms with Crippen molar-refractivity contribution in [1.29, 1.82) is 0 Å². The molecule has 1 aromatic carbocycles. The van der Waals surface area contributed by atoms with E-state index < -0.39 is 6.10 Å². The third kappa shape index (κ3) is 1.61. The Bertz CT molecular complexity index is 336. The minimum Gasteiger partial charge on any atom is -0.493 e. The molecular weight excluding hydrogens is 178 g/mol. The maximum Gasteiger partial charge on any atom is 0.122 e. The van der Waals surface area contributed by atoms with Gasteiger partial charge in [-0.2, -0.15) is 0 Å². The van der Waals surface area contributed by atoms with Crippen molar-refractivity contribution in [3.8, 4) is 5.75 Å². The molecule has 2 rings (SSSR count). The van der Waals surface area contributed by atoms with Gasteiger partial charge in [-0.25, -0.2) is 0 Å². The van der Waals surface area contributed by atoms with Crippen LogP contribution in [0, 0.1) is 0 Å². The van der Waals surface area contributed by atoms with Crippen molar-refractivity contribution in [2.75, 3.05) is 6.61 Å². The lowest BCUT2D eigenvalue weighted by atomic mass is 10.00. The molecule has 0 radical (unpaired) electrons. The van der Waals surface area contributed by atoms with Gasteiger partial charge in [-0.1, -0.05) is 12.1 Å². The van der Waals surface area contributed by atoms with Crippen LogP contribution < -0.4 is 10.5 Å². The molecule has 2 atom stereocenters. The number of nitrogens with two attached hydrogens (primary N) is 1. The minimum atomic E-state index is -0.518. The standard InChI is InChI=1S/C11H15NO2/c1-7(13)11(12)9-2-3-10-8(6-9)4-5-14-10/h2-3,6-7,11,13H,4-5,12H2,1H3/t7-,11-/m0/s1. The van der Waals surface area contributed by atoms with Crippen LogP contribution in [0.25, 0.3) is 0 Å². The van der Waals surface area contributed by atoms with Gasteiger partial charge in [0.2, 0.25) is 0 Å².